The molecular weight excluding hydrogens is 320 g/mol. The lowest BCUT2D eigenvalue weighted by molar-refractivity contribution is -0.144. The zero-order valence-electron chi connectivity index (χ0n) is 14.9. The van der Waals surface area contributed by atoms with E-state index in [-0.39, 0.29) is 24.7 Å². The highest BCUT2D eigenvalue weighted by Crippen LogP contribution is 2.22. The summed E-state index contributed by atoms with van der Waals surface area (Å²) in [5.41, 5.74) is 0.974. The summed E-state index contributed by atoms with van der Waals surface area (Å²) in [6.45, 7) is 5.70. The third-order valence-corrected chi connectivity index (χ3v) is 4.36. The van der Waals surface area contributed by atoms with E-state index in [0.717, 1.165) is 25.9 Å². The van der Waals surface area contributed by atoms with E-state index in [9.17, 15) is 14.4 Å². The van der Waals surface area contributed by atoms with E-state index < -0.39 is 5.97 Å². The van der Waals surface area contributed by atoms with Crippen LogP contribution in [0.3, 0.4) is 0 Å². The Bertz CT molecular complexity index is 622. The standard InChI is InChI=1S/C19H26N2O4/c1-3-25-18(23)9-8-17(22)20-16-7-5-4-6-15(16)19(24)21-12-10-14(2)11-13-21/h4-7,14H,3,8-13H2,1-2H3,(H,20,22). The lowest BCUT2D eigenvalue weighted by Crippen LogP contribution is -2.38. The molecule has 0 aliphatic carbocycles. The maximum absolute atomic E-state index is 12.8. The van der Waals surface area contributed by atoms with Crippen LogP contribution < -0.4 is 5.32 Å². The molecule has 0 saturated carbocycles. The number of hydrogen-bond donors (Lipinski definition) is 1. The highest BCUT2D eigenvalue weighted by Gasteiger charge is 2.23. The third kappa shape index (κ3) is 5.59. The highest BCUT2D eigenvalue weighted by molar-refractivity contribution is 6.04. The average Bonchev–Trinajstić information content (AvgIpc) is 2.61. The zero-order valence-corrected chi connectivity index (χ0v) is 14.9. The summed E-state index contributed by atoms with van der Waals surface area (Å²) in [6, 6.07) is 6.99. The van der Waals surface area contributed by atoms with Crippen LogP contribution in [0.2, 0.25) is 0 Å². The first-order valence-electron chi connectivity index (χ1n) is 8.85. The van der Waals surface area contributed by atoms with Gasteiger partial charge in [-0.15, -0.1) is 0 Å². The summed E-state index contributed by atoms with van der Waals surface area (Å²) < 4.78 is 4.81. The molecular formula is C19H26N2O4. The first-order chi connectivity index (χ1) is 12.0. The topological polar surface area (TPSA) is 75.7 Å². The van der Waals surface area contributed by atoms with Crippen LogP contribution in [-0.4, -0.2) is 42.4 Å². The molecule has 1 saturated heterocycles. The van der Waals surface area contributed by atoms with Crippen molar-refractivity contribution in [3.8, 4) is 0 Å². The minimum Gasteiger partial charge on any atom is -0.466 e. The number of amides is 2. The first-order valence-corrected chi connectivity index (χ1v) is 8.85. The average molecular weight is 346 g/mol. The predicted octanol–water partition coefficient (Wildman–Crippen LogP) is 2.84. The van der Waals surface area contributed by atoms with E-state index in [1.54, 1.807) is 31.2 Å². The van der Waals surface area contributed by atoms with Crippen LogP contribution in [0.15, 0.2) is 24.3 Å². The Labute approximate surface area is 148 Å². The number of benzene rings is 1. The van der Waals surface area contributed by atoms with Crippen LogP contribution in [0.5, 0.6) is 0 Å². The molecule has 25 heavy (non-hydrogen) atoms. The van der Waals surface area contributed by atoms with Crippen LogP contribution in [-0.2, 0) is 14.3 Å². The van der Waals surface area contributed by atoms with E-state index in [2.05, 4.69) is 12.2 Å². The van der Waals surface area contributed by atoms with Crippen molar-refractivity contribution in [3.63, 3.8) is 0 Å². The minimum absolute atomic E-state index is 0.0276. The van der Waals surface area contributed by atoms with Crippen LogP contribution in [0.1, 0.15) is 49.9 Å². The molecule has 0 radical (unpaired) electrons. The molecule has 1 fully saturated rings. The van der Waals surface area contributed by atoms with E-state index in [1.807, 2.05) is 4.90 Å². The molecule has 2 rings (SSSR count). The van der Waals surface area contributed by atoms with Crippen molar-refractivity contribution in [2.45, 2.75) is 39.5 Å². The summed E-state index contributed by atoms with van der Waals surface area (Å²) in [6.07, 6.45) is 2.06. The lowest BCUT2D eigenvalue weighted by atomic mass is 9.98. The molecule has 0 atom stereocenters. The Morgan fingerprint density at radius 2 is 1.84 bits per heavy atom. The molecule has 0 bridgehead atoms. The number of anilines is 1. The second-order valence-electron chi connectivity index (χ2n) is 6.37. The zero-order chi connectivity index (χ0) is 18.2. The molecule has 136 valence electrons. The smallest absolute Gasteiger partial charge is 0.306 e. The lowest BCUT2D eigenvalue weighted by Gasteiger charge is -2.30. The van der Waals surface area contributed by atoms with Gasteiger partial charge in [0.25, 0.3) is 5.91 Å². The van der Waals surface area contributed by atoms with Gasteiger partial charge in [0, 0.05) is 19.5 Å². The number of likely N-dealkylation sites (tertiary alicyclic amines) is 1. The van der Waals surface area contributed by atoms with Gasteiger partial charge in [-0.25, -0.2) is 0 Å². The summed E-state index contributed by atoms with van der Waals surface area (Å²) in [4.78, 5) is 38.0. The largest absolute Gasteiger partial charge is 0.466 e. The second kappa shape index (κ2) is 9.20. The number of carbonyl (C=O) groups is 3. The molecule has 1 aliphatic heterocycles. The van der Waals surface area contributed by atoms with Gasteiger partial charge < -0.3 is 15.0 Å². The normalized spacial score (nSPS) is 14.9. The van der Waals surface area contributed by atoms with Crippen molar-refractivity contribution in [2.24, 2.45) is 5.92 Å². The van der Waals surface area contributed by atoms with Crippen molar-refractivity contribution in [2.75, 3.05) is 25.0 Å². The van der Waals surface area contributed by atoms with E-state index in [0.29, 0.717) is 23.8 Å². The van der Waals surface area contributed by atoms with Gasteiger partial charge in [-0.05, 0) is 37.8 Å². The molecule has 0 spiro atoms. The molecule has 1 aromatic carbocycles. The Morgan fingerprint density at radius 3 is 2.52 bits per heavy atom. The Morgan fingerprint density at radius 1 is 1.16 bits per heavy atom. The predicted molar refractivity (Wildman–Crippen MR) is 95.2 cm³/mol. The molecule has 0 unspecified atom stereocenters. The number of carbonyl (C=O) groups excluding carboxylic acids is 3. The molecule has 6 nitrogen and oxygen atoms in total. The molecule has 1 aliphatic rings. The number of esters is 1. The Balaban J connectivity index is 1.99. The van der Waals surface area contributed by atoms with Gasteiger partial charge in [0.05, 0.1) is 24.3 Å². The number of para-hydroxylation sites is 1. The Kier molecular flexibility index (Phi) is 6.98. The monoisotopic (exact) mass is 346 g/mol. The molecule has 0 aromatic heterocycles. The van der Waals surface area contributed by atoms with Crippen molar-refractivity contribution in [1.82, 2.24) is 4.90 Å². The molecule has 1 heterocycles. The summed E-state index contributed by atoms with van der Waals surface area (Å²) >= 11 is 0. The fraction of sp³-hybridized carbons (Fsp3) is 0.526. The first kappa shape index (κ1) is 19.0. The second-order valence-corrected chi connectivity index (χ2v) is 6.37. The van der Waals surface area contributed by atoms with Crippen molar-refractivity contribution in [1.29, 1.82) is 0 Å². The number of nitrogens with one attached hydrogen (secondary N) is 1. The summed E-state index contributed by atoms with van der Waals surface area (Å²) in [5, 5.41) is 2.74. The van der Waals surface area contributed by atoms with Gasteiger partial charge in [-0.3, -0.25) is 14.4 Å². The molecule has 1 aromatic rings. The maximum atomic E-state index is 12.8. The quantitative estimate of drug-likeness (QED) is 0.804. The SMILES string of the molecule is CCOC(=O)CCC(=O)Nc1ccccc1C(=O)N1CCC(C)CC1. The van der Waals surface area contributed by atoms with E-state index in [1.165, 1.54) is 0 Å². The number of piperidine rings is 1. The highest BCUT2D eigenvalue weighted by atomic mass is 16.5. The van der Waals surface area contributed by atoms with Crippen LogP contribution in [0, 0.1) is 5.92 Å². The van der Waals surface area contributed by atoms with Crippen molar-refractivity contribution in [3.05, 3.63) is 29.8 Å². The van der Waals surface area contributed by atoms with Gasteiger partial charge in [-0.2, -0.15) is 0 Å². The van der Waals surface area contributed by atoms with Gasteiger partial charge >= 0.3 is 5.97 Å². The van der Waals surface area contributed by atoms with Crippen LogP contribution in [0.25, 0.3) is 0 Å². The van der Waals surface area contributed by atoms with Crippen LogP contribution >= 0.6 is 0 Å². The molecule has 6 heteroatoms. The van der Waals surface area contributed by atoms with Gasteiger partial charge in [0.2, 0.25) is 5.91 Å². The number of ether oxygens (including phenoxy) is 1. The van der Waals surface area contributed by atoms with Gasteiger partial charge in [0.15, 0.2) is 0 Å². The molecule has 2 amide bonds. The molecule has 1 N–H and O–H groups in total. The van der Waals surface area contributed by atoms with Crippen molar-refractivity contribution < 1.29 is 19.1 Å². The van der Waals surface area contributed by atoms with Crippen LogP contribution in [0.4, 0.5) is 5.69 Å². The van der Waals surface area contributed by atoms with E-state index >= 15 is 0 Å². The summed E-state index contributed by atoms with van der Waals surface area (Å²) in [5.74, 6) is -0.125. The third-order valence-electron chi connectivity index (χ3n) is 4.36. The van der Waals surface area contributed by atoms with Crippen molar-refractivity contribution >= 4 is 23.5 Å². The maximum Gasteiger partial charge on any atom is 0.306 e. The Hall–Kier alpha value is -2.37. The number of hydrogen-bond acceptors (Lipinski definition) is 4. The van der Waals surface area contributed by atoms with Gasteiger partial charge in [0.1, 0.15) is 0 Å². The van der Waals surface area contributed by atoms with E-state index in [4.69, 9.17) is 4.74 Å². The minimum atomic E-state index is -0.399. The van der Waals surface area contributed by atoms with Gasteiger partial charge in [-0.1, -0.05) is 19.1 Å². The number of nitrogens with zero attached hydrogens (tertiary/aromatic N) is 1. The number of rotatable bonds is 6. The fourth-order valence-electron chi connectivity index (χ4n) is 2.82. The summed E-state index contributed by atoms with van der Waals surface area (Å²) in [7, 11) is 0. The fourth-order valence-corrected chi connectivity index (χ4v) is 2.82.